The third-order valence-corrected chi connectivity index (χ3v) is 3.53. The standard InChI is InChI=1S/C13H26N2O/c1-4-6-7-12(5-2)13(16)15-9-8-14-10-11(15)3/h11-12,14H,4-10H2,1-3H3/t11-,12+/m1/s1. The van der Waals surface area contributed by atoms with Gasteiger partial charge in [0.2, 0.25) is 5.91 Å². The third kappa shape index (κ3) is 3.48. The lowest BCUT2D eigenvalue weighted by atomic mass is 9.96. The van der Waals surface area contributed by atoms with Crippen molar-refractivity contribution in [2.75, 3.05) is 19.6 Å². The van der Waals surface area contributed by atoms with Crippen molar-refractivity contribution in [1.82, 2.24) is 10.2 Å². The topological polar surface area (TPSA) is 32.3 Å². The highest BCUT2D eigenvalue weighted by atomic mass is 16.2. The van der Waals surface area contributed by atoms with Gasteiger partial charge in [0.25, 0.3) is 0 Å². The van der Waals surface area contributed by atoms with Crippen LogP contribution in [-0.4, -0.2) is 36.5 Å². The summed E-state index contributed by atoms with van der Waals surface area (Å²) in [5.41, 5.74) is 0. The van der Waals surface area contributed by atoms with E-state index in [1.54, 1.807) is 0 Å². The molecule has 0 unspecified atom stereocenters. The monoisotopic (exact) mass is 226 g/mol. The number of carbonyl (C=O) groups excluding carboxylic acids is 1. The van der Waals surface area contributed by atoms with E-state index in [-0.39, 0.29) is 5.92 Å². The molecule has 3 nitrogen and oxygen atoms in total. The smallest absolute Gasteiger partial charge is 0.225 e. The van der Waals surface area contributed by atoms with Gasteiger partial charge in [-0.15, -0.1) is 0 Å². The fourth-order valence-corrected chi connectivity index (χ4v) is 2.36. The molecule has 3 heteroatoms. The van der Waals surface area contributed by atoms with Gasteiger partial charge in [0.15, 0.2) is 0 Å². The number of unbranched alkanes of at least 4 members (excludes halogenated alkanes) is 1. The zero-order valence-electron chi connectivity index (χ0n) is 11.0. The van der Waals surface area contributed by atoms with Gasteiger partial charge in [-0.25, -0.2) is 0 Å². The number of hydrogen-bond donors (Lipinski definition) is 1. The van der Waals surface area contributed by atoms with Crippen LogP contribution in [-0.2, 0) is 4.79 Å². The third-order valence-electron chi connectivity index (χ3n) is 3.53. The predicted molar refractivity (Wildman–Crippen MR) is 67.4 cm³/mol. The zero-order chi connectivity index (χ0) is 12.0. The Kier molecular flexibility index (Phi) is 5.81. The molecule has 1 heterocycles. The van der Waals surface area contributed by atoms with Gasteiger partial charge in [-0.05, 0) is 19.8 Å². The highest BCUT2D eigenvalue weighted by molar-refractivity contribution is 5.79. The molecule has 2 atom stereocenters. The molecule has 1 amide bonds. The zero-order valence-corrected chi connectivity index (χ0v) is 11.0. The molecular formula is C13H26N2O. The van der Waals surface area contributed by atoms with Crippen LogP contribution in [0.3, 0.4) is 0 Å². The predicted octanol–water partition coefficient (Wildman–Crippen LogP) is 2.02. The summed E-state index contributed by atoms with van der Waals surface area (Å²) in [6.07, 6.45) is 4.39. The Bertz CT molecular complexity index is 218. The summed E-state index contributed by atoms with van der Waals surface area (Å²) in [7, 11) is 0. The first-order valence-corrected chi connectivity index (χ1v) is 6.71. The SMILES string of the molecule is CCCC[C@H](CC)C(=O)N1CCNC[C@H]1C. The van der Waals surface area contributed by atoms with E-state index < -0.39 is 0 Å². The number of piperazine rings is 1. The van der Waals surface area contributed by atoms with E-state index in [1.807, 2.05) is 0 Å². The van der Waals surface area contributed by atoms with Gasteiger partial charge in [0.05, 0.1) is 0 Å². The second-order valence-electron chi connectivity index (χ2n) is 4.83. The van der Waals surface area contributed by atoms with E-state index in [9.17, 15) is 4.79 Å². The molecule has 0 bridgehead atoms. The minimum absolute atomic E-state index is 0.250. The second-order valence-corrected chi connectivity index (χ2v) is 4.83. The van der Waals surface area contributed by atoms with Gasteiger partial charge in [0.1, 0.15) is 0 Å². The van der Waals surface area contributed by atoms with E-state index in [4.69, 9.17) is 0 Å². The fourth-order valence-electron chi connectivity index (χ4n) is 2.36. The van der Waals surface area contributed by atoms with E-state index in [2.05, 4.69) is 31.0 Å². The molecule has 94 valence electrons. The Labute approximate surface area is 99.6 Å². The van der Waals surface area contributed by atoms with Crippen molar-refractivity contribution < 1.29 is 4.79 Å². The Hall–Kier alpha value is -0.570. The molecule has 1 N–H and O–H groups in total. The van der Waals surface area contributed by atoms with E-state index in [0.717, 1.165) is 32.5 Å². The highest BCUT2D eigenvalue weighted by Gasteiger charge is 2.27. The van der Waals surface area contributed by atoms with Gasteiger partial charge < -0.3 is 10.2 Å². The van der Waals surface area contributed by atoms with Crippen LogP contribution >= 0.6 is 0 Å². The van der Waals surface area contributed by atoms with Crippen molar-refractivity contribution in [3.63, 3.8) is 0 Å². The molecule has 1 aliphatic heterocycles. The maximum absolute atomic E-state index is 12.3. The van der Waals surface area contributed by atoms with E-state index >= 15 is 0 Å². The first-order chi connectivity index (χ1) is 7.70. The van der Waals surface area contributed by atoms with Crippen LogP contribution in [0.4, 0.5) is 0 Å². The molecule has 1 fully saturated rings. The average molecular weight is 226 g/mol. The van der Waals surface area contributed by atoms with Crippen molar-refractivity contribution in [3.8, 4) is 0 Å². The lowest BCUT2D eigenvalue weighted by Crippen LogP contribution is -2.53. The number of hydrogen-bond acceptors (Lipinski definition) is 2. The first-order valence-electron chi connectivity index (χ1n) is 6.71. The molecule has 1 aliphatic rings. The molecule has 0 aromatic heterocycles. The molecule has 1 rings (SSSR count). The number of rotatable bonds is 5. The minimum Gasteiger partial charge on any atom is -0.337 e. The van der Waals surface area contributed by atoms with E-state index in [0.29, 0.717) is 11.9 Å². The summed E-state index contributed by atoms with van der Waals surface area (Å²) in [5, 5.41) is 3.33. The summed E-state index contributed by atoms with van der Waals surface area (Å²) >= 11 is 0. The maximum Gasteiger partial charge on any atom is 0.225 e. The van der Waals surface area contributed by atoms with Crippen LogP contribution in [0.25, 0.3) is 0 Å². The van der Waals surface area contributed by atoms with Gasteiger partial charge in [-0.3, -0.25) is 4.79 Å². The van der Waals surface area contributed by atoms with Crippen LogP contribution < -0.4 is 5.32 Å². The normalized spacial score (nSPS) is 23.2. The molecular weight excluding hydrogens is 200 g/mol. The van der Waals surface area contributed by atoms with E-state index in [1.165, 1.54) is 12.8 Å². The molecule has 0 spiro atoms. The molecule has 0 saturated carbocycles. The van der Waals surface area contributed by atoms with Crippen LogP contribution in [0, 0.1) is 5.92 Å². The molecule has 0 aromatic rings. The van der Waals surface area contributed by atoms with Crippen molar-refractivity contribution in [3.05, 3.63) is 0 Å². The lowest BCUT2D eigenvalue weighted by Gasteiger charge is -2.36. The molecule has 1 saturated heterocycles. The van der Waals surface area contributed by atoms with Gasteiger partial charge >= 0.3 is 0 Å². The van der Waals surface area contributed by atoms with Gasteiger partial charge in [-0.1, -0.05) is 26.7 Å². The maximum atomic E-state index is 12.3. The van der Waals surface area contributed by atoms with Crippen LogP contribution in [0.5, 0.6) is 0 Å². The van der Waals surface area contributed by atoms with Crippen LogP contribution in [0.1, 0.15) is 46.5 Å². The number of carbonyl (C=O) groups is 1. The molecule has 16 heavy (non-hydrogen) atoms. The van der Waals surface area contributed by atoms with Crippen molar-refractivity contribution >= 4 is 5.91 Å². The van der Waals surface area contributed by atoms with Crippen LogP contribution in [0.15, 0.2) is 0 Å². The molecule has 0 radical (unpaired) electrons. The van der Waals surface area contributed by atoms with Crippen molar-refractivity contribution in [2.24, 2.45) is 5.92 Å². The average Bonchev–Trinajstić information content (AvgIpc) is 2.30. The lowest BCUT2D eigenvalue weighted by molar-refractivity contribution is -0.138. The quantitative estimate of drug-likeness (QED) is 0.778. The Balaban J connectivity index is 2.51. The highest BCUT2D eigenvalue weighted by Crippen LogP contribution is 2.18. The van der Waals surface area contributed by atoms with Crippen LogP contribution in [0.2, 0.25) is 0 Å². The van der Waals surface area contributed by atoms with Gasteiger partial charge in [0, 0.05) is 31.6 Å². The minimum atomic E-state index is 0.250. The number of nitrogens with one attached hydrogen (secondary N) is 1. The fraction of sp³-hybridized carbons (Fsp3) is 0.923. The molecule has 0 aromatic carbocycles. The summed E-state index contributed by atoms with van der Waals surface area (Å²) in [6.45, 7) is 9.21. The Morgan fingerprint density at radius 3 is 2.81 bits per heavy atom. The van der Waals surface area contributed by atoms with Crippen molar-refractivity contribution in [2.45, 2.75) is 52.5 Å². The summed E-state index contributed by atoms with van der Waals surface area (Å²) in [5.74, 6) is 0.630. The first kappa shape index (κ1) is 13.5. The molecule has 0 aliphatic carbocycles. The second kappa shape index (κ2) is 6.89. The summed E-state index contributed by atoms with van der Waals surface area (Å²) in [6, 6.07) is 0.358. The van der Waals surface area contributed by atoms with Gasteiger partial charge in [-0.2, -0.15) is 0 Å². The Morgan fingerprint density at radius 2 is 2.25 bits per heavy atom. The Morgan fingerprint density at radius 1 is 1.50 bits per heavy atom. The van der Waals surface area contributed by atoms with Crippen molar-refractivity contribution in [1.29, 1.82) is 0 Å². The number of amides is 1. The summed E-state index contributed by atoms with van der Waals surface area (Å²) in [4.78, 5) is 14.4. The number of nitrogens with zero attached hydrogens (tertiary/aromatic N) is 1. The largest absolute Gasteiger partial charge is 0.337 e. The summed E-state index contributed by atoms with van der Waals surface area (Å²) < 4.78 is 0.